The van der Waals surface area contributed by atoms with E-state index in [4.69, 9.17) is 4.74 Å². The fourth-order valence-corrected chi connectivity index (χ4v) is 8.90. The minimum Gasteiger partial charge on any atom is -0.463 e. The summed E-state index contributed by atoms with van der Waals surface area (Å²) in [6, 6.07) is 32.2. The summed E-state index contributed by atoms with van der Waals surface area (Å²) in [5.74, 6) is 0.312. The first-order valence-electron chi connectivity index (χ1n) is 13.5. The number of carbonyl (C=O) groups excluding carboxylic acids is 1. The maximum absolute atomic E-state index is 12.8. The average Bonchev–Trinajstić information content (AvgIpc) is 2.93. The Morgan fingerprint density at radius 2 is 1.29 bits per heavy atom. The maximum Gasteiger partial charge on any atom is 0.343 e. The number of hydrogen-bond acceptors (Lipinski definition) is 3. The highest BCUT2D eigenvalue weighted by atomic mass is 32.2. The van der Waals surface area contributed by atoms with Crippen LogP contribution in [0.15, 0.2) is 106 Å². The molecule has 0 radical (unpaired) electrons. The van der Waals surface area contributed by atoms with E-state index in [1.165, 1.54) is 21.1 Å². The lowest BCUT2D eigenvalue weighted by atomic mass is 9.50. The van der Waals surface area contributed by atoms with Crippen molar-refractivity contribution in [1.82, 2.24) is 0 Å². The second-order valence-electron chi connectivity index (χ2n) is 10.8. The first-order chi connectivity index (χ1) is 18.5. The fourth-order valence-electron chi connectivity index (χ4n) is 6.80. The Bertz CT molecular complexity index is 1070. The van der Waals surface area contributed by atoms with Gasteiger partial charge in [-0.05, 0) is 86.3 Å². The van der Waals surface area contributed by atoms with Gasteiger partial charge < -0.3 is 9.84 Å². The Balaban J connectivity index is 0.000000155. The van der Waals surface area contributed by atoms with Gasteiger partial charge in [-0.1, -0.05) is 54.6 Å². The highest BCUT2D eigenvalue weighted by Gasteiger charge is 2.56. The first-order valence-corrected chi connectivity index (χ1v) is 14.7. The number of aliphatic hydroxyl groups is 1. The van der Waals surface area contributed by atoms with Gasteiger partial charge in [-0.3, -0.25) is 0 Å². The number of benzene rings is 3. The minimum atomic E-state index is -2.19. The zero-order chi connectivity index (χ0) is 26.5. The standard InChI is InChI=1S/C18H15S.C14H20F2O3/c1-4-10-16(11-5-1)19(17-12-6-2-7-13-17)18-14-8-3-9-15-18;15-6-12(16)13(17)19-7-11-10-2-8-1-9(3-10)5-14(11,18)4-8/h1-15H;8-12,18H,1-7H2/q+1;. The van der Waals surface area contributed by atoms with Gasteiger partial charge in [0, 0.05) is 5.92 Å². The number of carbonyl (C=O) groups is 1. The van der Waals surface area contributed by atoms with Crippen LogP contribution < -0.4 is 0 Å². The molecule has 4 atom stereocenters. The maximum atomic E-state index is 12.8. The Morgan fingerprint density at radius 3 is 1.68 bits per heavy atom. The molecular formula is C32H35F2O3S+. The summed E-state index contributed by atoms with van der Waals surface area (Å²) >= 11 is 0. The predicted molar refractivity (Wildman–Crippen MR) is 145 cm³/mol. The zero-order valence-corrected chi connectivity index (χ0v) is 22.2. The van der Waals surface area contributed by atoms with Crippen LogP contribution in [0.25, 0.3) is 0 Å². The quantitative estimate of drug-likeness (QED) is 0.266. The van der Waals surface area contributed by atoms with E-state index in [1.54, 1.807) is 0 Å². The van der Waals surface area contributed by atoms with E-state index >= 15 is 0 Å². The summed E-state index contributed by atoms with van der Waals surface area (Å²) in [6.07, 6.45) is 2.70. The second-order valence-corrected chi connectivity index (χ2v) is 12.8. The van der Waals surface area contributed by atoms with Crippen LogP contribution in [-0.4, -0.2) is 36.1 Å². The zero-order valence-electron chi connectivity index (χ0n) is 21.4. The Morgan fingerprint density at radius 1 is 0.842 bits per heavy atom. The number of rotatable bonds is 7. The van der Waals surface area contributed by atoms with E-state index < -0.39 is 24.4 Å². The molecule has 0 saturated heterocycles. The smallest absolute Gasteiger partial charge is 0.343 e. The number of esters is 1. The second kappa shape index (κ2) is 12.0. The van der Waals surface area contributed by atoms with E-state index in [-0.39, 0.29) is 23.4 Å². The molecule has 4 saturated carbocycles. The van der Waals surface area contributed by atoms with Crippen molar-refractivity contribution in [3.63, 3.8) is 0 Å². The molecule has 38 heavy (non-hydrogen) atoms. The topological polar surface area (TPSA) is 46.5 Å². The molecule has 0 spiro atoms. The normalized spacial score (nSPS) is 27.9. The third-order valence-corrected chi connectivity index (χ3v) is 10.4. The Labute approximate surface area is 226 Å². The summed E-state index contributed by atoms with van der Waals surface area (Å²) in [4.78, 5) is 15.3. The van der Waals surface area contributed by atoms with Crippen molar-refractivity contribution in [3.8, 4) is 0 Å². The van der Waals surface area contributed by atoms with E-state index in [9.17, 15) is 18.7 Å². The lowest BCUT2D eigenvalue weighted by Gasteiger charge is -2.58. The van der Waals surface area contributed by atoms with Crippen LogP contribution >= 0.6 is 0 Å². The largest absolute Gasteiger partial charge is 0.463 e. The Hall–Kier alpha value is -2.70. The molecule has 4 bridgehead atoms. The van der Waals surface area contributed by atoms with E-state index in [0.717, 1.165) is 25.7 Å². The van der Waals surface area contributed by atoms with Crippen molar-refractivity contribution in [2.75, 3.05) is 13.3 Å². The fraction of sp³-hybridized carbons (Fsp3) is 0.406. The lowest BCUT2D eigenvalue weighted by molar-refractivity contribution is -0.192. The highest BCUT2D eigenvalue weighted by Crippen LogP contribution is 2.58. The SMILES string of the molecule is O=C(OCC1C2CC3CC(C2)CC1(O)C3)C(F)CF.c1ccc([S+](c2ccccc2)c2ccccc2)cc1. The van der Waals surface area contributed by atoms with Crippen LogP contribution in [0.3, 0.4) is 0 Å². The molecule has 4 unspecified atom stereocenters. The molecule has 200 valence electrons. The molecule has 0 aliphatic heterocycles. The summed E-state index contributed by atoms with van der Waals surface area (Å²) in [6.45, 7) is -1.32. The number of hydrogen-bond donors (Lipinski definition) is 1. The van der Waals surface area contributed by atoms with Crippen LogP contribution in [-0.2, 0) is 20.4 Å². The first kappa shape index (κ1) is 26.9. The van der Waals surface area contributed by atoms with Crippen molar-refractivity contribution in [2.24, 2.45) is 23.7 Å². The molecular weight excluding hydrogens is 502 g/mol. The van der Waals surface area contributed by atoms with Crippen LogP contribution in [0.1, 0.15) is 32.1 Å². The van der Waals surface area contributed by atoms with Crippen LogP contribution in [0.2, 0.25) is 0 Å². The molecule has 0 heterocycles. The minimum absolute atomic E-state index is 0.0146. The lowest BCUT2D eigenvalue weighted by Crippen LogP contribution is -2.58. The molecule has 3 aromatic carbocycles. The highest BCUT2D eigenvalue weighted by molar-refractivity contribution is 7.97. The molecule has 1 N–H and O–H groups in total. The number of ether oxygens (including phenoxy) is 1. The van der Waals surface area contributed by atoms with Crippen molar-refractivity contribution in [3.05, 3.63) is 91.0 Å². The van der Waals surface area contributed by atoms with Crippen molar-refractivity contribution in [2.45, 2.75) is 58.6 Å². The van der Waals surface area contributed by atoms with Gasteiger partial charge in [-0.15, -0.1) is 0 Å². The third-order valence-electron chi connectivity index (χ3n) is 8.22. The third kappa shape index (κ3) is 5.97. The molecule has 4 fully saturated rings. The molecule has 7 rings (SSSR count). The molecule has 0 amide bonds. The average molecular weight is 538 g/mol. The molecule has 4 aliphatic carbocycles. The van der Waals surface area contributed by atoms with Gasteiger partial charge in [0.2, 0.25) is 6.17 Å². The summed E-state index contributed by atoms with van der Waals surface area (Å²) in [5.41, 5.74) is -0.753. The summed E-state index contributed by atoms with van der Waals surface area (Å²) in [5, 5.41) is 10.7. The van der Waals surface area contributed by atoms with E-state index in [2.05, 4.69) is 91.0 Å². The van der Waals surface area contributed by atoms with Gasteiger partial charge in [-0.2, -0.15) is 0 Å². The number of halogens is 2. The monoisotopic (exact) mass is 537 g/mol. The van der Waals surface area contributed by atoms with Gasteiger partial charge in [-0.25, -0.2) is 13.6 Å². The van der Waals surface area contributed by atoms with Crippen molar-refractivity contribution < 1.29 is 23.4 Å². The van der Waals surface area contributed by atoms with Crippen molar-refractivity contribution in [1.29, 1.82) is 0 Å². The molecule has 3 nitrogen and oxygen atoms in total. The molecule has 6 heteroatoms. The predicted octanol–water partition coefficient (Wildman–Crippen LogP) is 6.81. The van der Waals surface area contributed by atoms with Gasteiger partial charge in [0.15, 0.2) is 14.7 Å². The van der Waals surface area contributed by atoms with Gasteiger partial charge in [0.05, 0.1) is 23.1 Å². The summed E-state index contributed by atoms with van der Waals surface area (Å²) < 4.78 is 29.7. The van der Waals surface area contributed by atoms with E-state index in [1.807, 2.05) is 0 Å². The van der Waals surface area contributed by atoms with E-state index in [0.29, 0.717) is 17.8 Å². The molecule has 3 aromatic rings. The molecule has 4 aliphatic rings. The molecule has 0 aromatic heterocycles. The number of alkyl halides is 2. The van der Waals surface area contributed by atoms with Crippen molar-refractivity contribution >= 4 is 16.9 Å². The van der Waals surface area contributed by atoms with Gasteiger partial charge in [0.1, 0.15) is 6.67 Å². The van der Waals surface area contributed by atoms with Crippen LogP contribution in [0, 0.1) is 23.7 Å². The summed E-state index contributed by atoms with van der Waals surface area (Å²) in [7, 11) is -0.0146. The Kier molecular flexibility index (Phi) is 8.49. The van der Waals surface area contributed by atoms with Gasteiger partial charge in [0.25, 0.3) is 0 Å². The van der Waals surface area contributed by atoms with Gasteiger partial charge >= 0.3 is 5.97 Å². The van der Waals surface area contributed by atoms with Crippen LogP contribution in [0.4, 0.5) is 8.78 Å². The van der Waals surface area contributed by atoms with Crippen LogP contribution in [0.5, 0.6) is 0 Å².